The first-order valence-electron chi connectivity index (χ1n) is 6.62. The minimum Gasteiger partial charge on any atom is -0.353 e. The summed E-state index contributed by atoms with van der Waals surface area (Å²) < 4.78 is 0. The van der Waals surface area contributed by atoms with Crippen LogP contribution < -0.4 is 11.1 Å². The maximum Gasteiger partial charge on any atom is 0.239 e. The Labute approximate surface area is 129 Å². The number of rotatable bonds is 4. The van der Waals surface area contributed by atoms with Crippen molar-refractivity contribution in [2.24, 2.45) is 11.7 Å². The van der Waals surface area contributed by atoms with Crippen molar-refractivity contribution in [3.63, 3.8) is 0 Å². The predicted octanol–water partition coefficient (Wildman–Crippen LogP) is 1.80. The van der Waals surface area contributed by atoms with E-state index in [1.54, 1.807) is 13.8 Å². The van der Waals surface area contributed by atoms with Crippen LogP contribution in [-0.4, -0.2) is 42.0 Å². The van der Waals surface area contributed by atoms with Gasteiger partial charge in [0.2, 0.25) is 5.91 Å². The van der Waals surface area contributed by atoms with Gasteiger partial charge in [-0.15, -0.1) is 24.8 Å². The van der Waals surface area contributed by atoms with E-state index in [2.05, 4.69) is 24.1 Å². The molecular formula is C13H29Cl2N3O. The molecule has 1 aliphatic rings. The zero-order valence-electron chi connectivity index (χ0n) is 12.4. The normalized spacial score (nSPS) is 21.8. The Morgan fingerprint density at radius 3 is 2.53 bits per heavy atom. The summed E-state index contributed by atoms with van der Waals surface area (Å²) in [6, 6.07) is 0.393. The first-order valence-corrected chi connectivity index (χ1v) is 6.62. The summed E-state index contributed by atoms with van der Waals surface area (Å²) in [7, 11) is 0. The van der Waals surface area contributed by atoms with E-state index in [1.807, 2.05) is 0 Å². The highest BCUT2D eigenvalue weighted by Gasteiger charge is 2.24. The molecule has 1 heterocycles. The molecule has 1 amide bonds. The zero-order chi connectivity index (χ0) is 13.1. The molecule has 2 atom stereocenters. The Kier molecular flexibility index (Phi) is 10.1. The molecule has 116 valence electrons. The number of amides is 1. The number of hydrogen-bond donors (Lipinski definition) is 2. The Morgan fingerprint density at radius 2 is 2.05 bits per heavy atom. The molecule has 3 N–H and O–H groups in total. The van der Waals surface area contributed by atoms with E-state index < -0.39 is 5.54 Å². The van der Waals surface area contributed by atoms with Crippen molar-refractivity contribution >= 4 is 30.7 Å². The van der Waals surface area contributed by atoms with Crippen LogP contribution in [0.25, 0.3) is 0 Å². The Morgan fingerprint density at radius 1 is 1.47 bits per heavy atom. The van der Waals surface area contributed by atoms with E-state index in [4.69, 9.17) is 5.73 Å². The van der Waals surface area contributed by atoms with Gasteiger partial charge in [-0.3, -0.25) is 9.69 Å². The molecule has 1 aliphatic heterocycles. The van der Waals surface area contributed by atoms with Crippen molar-refractivity contribution < 1.29 is 4.79 Å². The molecule has 6 heteroatoms. The van der Waals surface area contributed by atoms with E-state index in [9.17, 15) is 4.79 Å². The van der Waals surface area contributed by atoms with Gasteiger partial charge in [0.25, 0.3) is 0 Å². The SMILES string of the molecule is CC1CCCN(C(C)CNC(=O)C(C)(C)N)C1.Cl.Cl. The third kappa shape index (κ3) is 7.35. The molecule has 1 fully saturated rings. The first kappa shape index (κ1) is 21.3. The number of halogens is 2. The molecule has 1 rings (SSSR count). The largest absolute Gasteiger partial charge is 0.353 e. The van der Waals surface area contributed by atoms with Crippen LogP contribution >= 0.6 is 24.8 Å². The van der Waals surface area contributed by atoms with E-state index in [1.165, 1.54) is 12.8 Å². The van der Waals surface area contributed by atoms with Crippen LogP contribution in [0.15, 0.2) is 0 Å². The molecule has 1 saturated heterocycles. The first-order chi connectivity index (χ1) is 7.80. The fraction of sp³-hybridized carbons (Fsp3) is 0.923. The molecule has 2 unspecified atom stereocenters. The van der Waals surface area contributed by atoms with Crippen molar-refractivity contribution in [3.05, 3.63) is 0 Å². The van der Waals surface area contributed by atoms with Gasteiger partial charge in [-0.2, -0.15) is 0 Å². The number of nitrogens with zero attached hydrogens (tertiary/aromatic N) is 1. The van der Waals surface area contributed by atoms with E-state index in [0.29, 0.717) is 12.6 Å². The number of nitrogens with two attached hydrogens (primary N) is 1. The van der Waals surface area contributed by atoms with Gasteiger partial charge >= 0.3 is 0 Å². The molecule has 0 bridgehead atoms. The van der Waals surface area contributed by atoms with Crippen LogP contribution in [0.2, 0.25) is 0 Å². The lowest BCUT2D eigenvalue weighted by Crippen LogP contribution is -2.53. The number of piperidine rings is 1. The summed E-state index contributed by atoms with van der Waals surface area (Å²) in [5, 5.41) is 2.93. The Balaban J connectivity index is 0. The van der Waals surface area contributed by atoms with Crippen LogP contribution in [0.3, 0.4) is 0 Å². The average Bonchev–Trinajstić information content (AvgIpc) is 2.24. The summed E-state index contributed by atoms with van der Waals surface area (Å²) in [6.07, 6.45) is 2.59. The van der Waals surface area contributed by atoms with Crippen molar-refractivity contribution in [2.45, 2.75) is 52.1 Å². The molecule has 0 saturated carbocycles. The Bertz CT molecular complexity index is 269. The second-order valence-electron chi connectivity index (χ2n) is 6.02. The number of hydrogen-bond acceptors (Lipinski definition) is 3. The molecule has 4 nitrogen and oxygen atoms in total. The minimum atomic E-state index is -0.783. The van der Waals surface area contributed by atoms with Gasteiger partial charge < -0.3 is 11.1 Å². The quantitative estimate of drug-likeness (QED) is 0.832. The lowest BCUT2D eigenvalue weighted by atomic mass is 9.99. The van der Waals surface area contributed by atoms with Gasteiger partial charge in [-0.05, 0) is 46.1 Å². The molecular weight excluding hydrogens is 285 g/mol. The van der Waals surface area contributed by atoms with Crippen LogP contribution in [-0.2, 0) is 4.79 Å². The highest BCUT2D eigenvalue weighted by molar-refractivity contribution is 5.85. The molecule has 0 spiro atoms. The zero-order valence-corrected chi connectivity index (χ0v) is 14.1. The topological polar surface area (TPSA) is 58.4 Å². The minimum absolute atomic E-state index is 0. The summed E-state index contributed by atoms with van der Waals surface area (Å²) in [4.78, 5) is 14.1. The van der Waals surface area contributed by atoms with Gasteiger partial charge in [0.05, 0.1) is 5.54 Å². The number of likely N-dealkylation sites (tertiary alicyclic amines) is 1. The summed E-state index contributed by atoms with van der Waals surface area (Å²) in [5.41, 5.74) is 4.96. The number of carbonyl (C=O) groups excluding carboxylic acids is 1. The van der Waals surface area contributed by atoms with Gasteiger partial charge in [-0.25, -0.2) is 0 Å². The molecule has 0 aromatic carbocycles. The average molecular weight is 314 g/mol. The van der Waals surface area contributed by atoms with E-state index >= 15 is 0 Å². The summed E-state index contributed by atoms with van der Waals surface area (Å²) in [6.45, 7) is 10.9. The lowest BCUT2D eigenvalue weighted by Gasteiger charge is -2.36. The summed E-state index contributed by atoms with van der Waals surface area (Å²) >= 11 is 0. The molecule has 0 aromatic rings. The van der Waals surface area contributed by atoms with Crippen LogP contribution in [0.5, 0.6) is 0 Å². The standard InChI is InChI=1S/C13H27N3O.2ClH/c1-10-6-5-7-16(9-10)11(2)8-15-12(17)13(3,4)14;;/h10-11H,5-9,14H2,1-4H3,(H,15,17);2*1H. The highest BCUT2D eigenvalue weighted by atomic mass is 35.5. The molecule has 0 radical (unpaired) electrons. The van der Waals surface area contributed by atoms with Gasteiger partial charge in [0.1, 0.15) is 0 Å². The smallest absolute Gasteiger partial charge is 0.239 e. The Hall–Kier alpha value is -0.0300. The number of nitrogens with one attached hydrogen (secondary N) is 1. The van der Waals surface area contributed by atoms with Crippen LogP contribution in [0.1, 0.15) is 40.5 Å². The molecule has 0 aliphatic carbocycles. The monoisotopic (exact) mass is 313 g/mol. The van der Waals surface area contributed by atoms with Gasteiger partial charge in [0, 0.05) is 19.1 Å². The third-order valence-electron chi connectivity index (χ3n) is 3.46. The van der Waals surface area contributed by atoms with Crippen LogP contribution in [0, 0.1) is 5.92 Å². The van der Waals surface area contributed by atoms with Crippen molar-refractivity contribution in [3.8, 4) is 0 Å². The fourth-order valence-corrected chi connectivity index (χ4v) is 2.22. The van der Waals surface area contributed by atoms with Gasteiger partial charge in [0.15, 0.2) is 0 Å². The number of carbonyl (C=O) groups is 1. The fourth-order valence-electron chi connectivity index (χ4n) is 2.22. The van der Waals surface area contributed by atoms with Gasteiger partial charge in [-0.1, -0.05) is 6.92 Å². The third-order valence-corrected chi connectivity index (χ3v) is 3.46. The second-order valence-corrected chi connectivity index (χ2v) is 6.02. The second kappa shape index (κ2) is 9.01. The lowest BCUT2D eigenvalue weighted by molar-refractivity contribution is -0.125. The molecule has 0 aromatic heterocycles. The molecule has 19 heavy (non-hydrogen) atoms. The van der Waals surface area contributed by atoms with Crippen molar-refractivity contribution in [1.82, 2.24) is 10.2 Å². The predicted molar refractivity (Wildman–Crippen MR) is 85.2 cm³/mol. The highest BCUT2D eigenvalue weighted by Crippen LogP contribution is 2.17. The van der Waals surface area contributed by atoms with Crippen molar-refractivity contribution in [1.29, 1.82) is 0 Å². The maximum atomic E-state index is 11.7. The van der Waals surface area contributed by atoms with Crippen molar-refractivity contribution in [2.75, 3.05) is 19.6 Å². The van der Waals surface area contributed by atoms with Crippen LogP contribution in [0.4, 0.5) is 0 Å². The van der Waals surface area contributed by atoms with E-state index in [0.717, 1.165) is 19.0 Å². The van der Waals surface area contributed by atoms with E-state index in [-0.39, 0.29) is 30.7 Å². The maximum absolute atomic E-state index is 11.7. The summed E-state index contributed by atoms with van der Waals surface area (Å²) in [5.74, 6) is 0.697.